The summed E-state index contributed by atoms with van der Waals surface area (Å²) in [6, 6.07) is 17.1. The predicted molar refractivity (Wildman–Crippen MR) is 83.6 cm³/mol. The first-order valence-electron chi connectivity index (χ1n) is 6.94. The highest BCUT2D eigenvalue weighted by Gasteiger charge is 2.17. The fourth-order valence-electron chi connectivity index (χ4n) is 1.80. The fraction of sp³-hybridized carbons (Fsp3) is 0.222. The van der Waals surface area contributed by atoms with Gasteiger partial charge in [-0.05, 0) is 11.6 Å². The molecule has 0 aliphatic heterocycles. The van der Waals surface area contributed by atoms with Gasteiger partial charge in [0, 0.05) is 11.5 Å². The van der Waals surface area contributed by atoms with Crippen LogP contribution in [0, 0.1) is 5.92 Å². The number of rotatable bonds is 6. The minimum absolute atomic E-state index is 0.247. The molecule has 0 bridgehead atoms. The van der Waals surface area contributed by atoms with Crippen molar-refractivity contribution in [2.24, 2.45) is 5.92 Å². The molecule has 0 aliphatic rings. The van der Waals surface area contributed by atoms with Gasteiger partial charge in [0.2, 0.25) is 6.36 Å². The molecule has 2 nitrogen and oxygen atoms in total. The summed E-state index contributed by atoms with van der Waals surface area (Å²) in [6.45, 7) is 1.36. The van der Waals surface area contributed by atoms with Crippen LogP contribution in [-0.2, 0) is 0 Å². The molecule has 110 valence electrons. The smallest absolute Gasteiger partial charge is 0.243 e. The summed E-state index contributed by atoms with van der Waals surface area (Å²) in [7, 11) is 0. The van der Waals surface area contributed by atoms with Crippen molar-refractivity contribution in [1.82, 2.24) is 0 Å². The van der Waals surface area contributed by atoms with Crippen LogP contribution in [0.3, 0.4) is 0 Å². The second-order valence-corrected chi connectivity index (χ2v) is 4.91. The number of hydrogen-bond donors (Lipinski definition) is 1. The highest BCUT2D eigenvalue weighted by Crippen LogP contribution is 2.24. The molecule has 1 N–H and O–H groups in total. The van der Waals surface area contributed by atoms with Crippen LogP contribution < -0.4 is 4.74 Å². The molecule has 2 aromatic rings. The molecule has 2 unspecified atom stereocenters. The highest BCUT2D eigenvalue weighted by atomic mass is 19.1. The third kappa shape index (κ3) is 4.43. The maximum Gasteiger partial charge on any atom is 0.243 e. The maximum atomic E-state index is 13.8. The van der Waals surface area contributed by atoms with Gasteiger partial charge in [-0.15, -0.1) is 0 Å². The maximum absolute atomic E-state index is 13.8. The number of para-hydroxylation sites is 1. The molecule has 0 amide bonds. The second-order valence-electron chi connectivity index (χ2n) is 4.91. The molecule has 0 aromatic heterocycles. The van der Waals surface area contributed by atoms with E-state index in [-0.39, 0.29) is 6.61 Å². The number of halogens is 1. The van der Waals surface area contributed by atoms with Crippen LogP contribution >= 0.6 is 0 Å². The molecule has 0 saturated heterocycles. The monoisotopic (exact) mass is 286 g/mol. The summed E-state index contributed by atoms with van der Waals surface area (Å²) in [5.41, 5.74) is 1.86. The summed E-state index contributed by atoms with van der Waals surface area (Å²) >= 11 is 0. The summed E-state index contributed by atoms with van der Waals surface area (Å²) < 4.78 is 19.1. The molecular weight excluding hydrogens is 267 g/mol. The minimum Gasteiger partial charge on any atom is -0.459 e. The van der Waals surface area contributed by atoms with Crippen molar-refractivity contribution in [3.8, 4) is 5.75 Å². The quantitative estimate of drug-likeness (QED) is 0.808. The third-order valence-corrected chi connectivity index (χ3v) is 3.15. The third-order valence-electron chi connectivity index (χ3n) is 3.15. The number of aliphatic hydroxyl groups excluding tert-OH is 1. The average molecular weight is 286 g/mol. The van der Waals surface area contributed by atoms with E-state index in [1.165, 1.54) is 0 Å². The Balaban J connectivity index is 2.15. The van der Waals surface area contributed by atoms with Gasteiger partial charge in [0.1, 0.15) is 5.75 Å². The fourth-order valence-corrected chi connectivity index (χ4v) is 1.80. The van der Waals surface area contributed by atoms with Crippen molar-refractivity contribution < 1.29 is 14.2 Å². The topological polar surface area (TPSA) is 29.5 Å². The predicted octanol–water partition coefficient (Wildman–Crippen LogP) is 4.16. The van der Waals surface area contributed by atoms with E-state index in [2.05, 4.69) is 0 Å². The zero-order chi connectivity index (χ0) is 15.1. The molecular formula is C18H19FO2. The Bertz CT molecular complexity index is 581. The van der Waals surface area contributed by atoms with Gasteiger partial charge in [-0.25, -0.2) is 4.39 Å². The molecule has 21 heavy (non-hydrogen) atoms. The Labute approximate surface area is 124 Å². The lowest BCUT2D eigenvalue weighted by atomic mass is 10.1. The van der Waals surface area contributed by atoms with Crippen molar-refractivity contribution in [2.75, 3.05) is 6.61 Å². The second kappa shape index (κ2) is 7.60. The van der Waals surface area contributed by atoms with Gasteiger partial charge in [0.15, 0.2) is 0 Å². The Morgan fingerprint density at radius 2 is 1.71 bits per heavy atom. The van der Waals surface area contributed by atoms with Crippen LogP contribution in [0.15, 0.2) is 54.6 Å². The molecule has 0 heterocycles. The number of ether oxygens (including phenoxy) is 1. The summed E-state index contributed by atoms with van der Waals surface area (Å²) in [5.74, 6) is -0.0892. The van der Waals surface area contributed by atoms with Crippen LogP contribution in [0.5, 0.6) is 5.75 Å². The zero-order valence-corrected chi connectivity index (χ0v) is 11.9. The van der Waals surface area contributed by atoms with E-state index in [0.717, 1.165) is 11.1 Å². The number of hydrogen-bond acceptors (Lipinski definition) is 2. The minimum atomic E-state index is -1.53. The standard InChI is InChI=1S/C18H19FO2/c1-14(13-20)18(19)21-17-10-6-5-9-16(17)12-11-15-7-3-2-4-8-15/h2-12,14,18,20H,13H2,1H3. The van der Waals surface area contributed by atoms with E-state index < -0.39 is 12.3 Å². The number of benzene rings is 2. The molecule has 0 radical (unpaired) electrons. The first-order valence-corrected chi connectivity index (χ1v) is 6.94. The van der Waals surface area contributed by atoms with Crippen LogP contribution in [0.2, 0.25) is 0 Å². The van der Waals surface area contributed by atoms with Gasteiger partial charge in [-0.1, -0.05) is 67.6 Å². The van der Waals surface area contributed by atoms with Crippen molar-refractivity contribution in [1.29, 1.82) is 0 Å². The Morgan fingerprint density at radius 1 is 1.05 bits per heavy atom. The van der Waals surface area contributed by atoms with E-state index in [1.54, 1.807) is 19.1 Å². The lowest BCUT2D eigenvalue weighted by Gasteiger charge is -2.17. The van der Waals surface area contributed by atoms with Crippen molar-refractivity contribution in [2.45, 2.75) is 13.3 Å². The van der Waals surface area contributed by atoms with Crippen LogP contribution in [0.4, 0.5) is 4.39 Å². The van der Waals surface area contributed by atoms with Crippen molar-refractivity contribution >= 4 is 12.2 Å². The van der Waals surface area contributed by atoms with E-state index in [9.17, 15) is 4.39 Å². The summed E-state index contributed by atoms with van der Waals surface area (Å²) in [5, 5.41) is 8.97. The number of aliphatic hydroxyl groups is 1. The Morgan fingerprint density at radius 3 is 2.43 bits per heavy atom. The normalized spacial score (nSPS) is 14.0. The van der Waals surface area contributed by atoms with Gasteiger partial charge >= 0.3 is 0 Å². The first kappa shape index (κ1) is 15.3. The molecule has 0 spiro atoms. The molecule has 0 saturated carbocycles. The van der Waals surface area contributed by atoms with Crippen LogP contribution in [-0.4, -0.2) is 18.1 Å². The summed E-state index contributed by atoms with van der Waals surface area (Å²) in [6.07, 6.45) is 2.31. The largest absolute Gasteiger partial charge is 0.459 e. The van der Waals surface area contributed by atoms with E-state index >= 15 is 0 Å². The van der Waals surface area contributed by atoms with E-state index in [0.29, 0.717) is 5.75 Å². The average Bonchev–Trinajstić information content (AvgIpc) is 2.54. The zero-order valence-electron chi connectivity index (χ0n) is 11.9. The Kier molecular flexibility index (Phi) is 5.52. The van der Waals surface area contributed by atoms with Gasteiger partial charge in [-0.3, -0.25) is 0 Å². The summed E-state index contributed by atoms with van der Waals surface area (Å²) in [4.78, 5) is 0. The van der Waals surface area contributed by atoms with E-state index in [1.807, 2.05) is 54.6 Å². The van der Waals surface area contributed by atoms with Crippen molar-refractivity contribution in [3.05, 3.63) is 65.7 Å². The van der Waals surface area contributed by atoms with Gasteiger partial charge in [0.05, 0.1) is 6.61 Å². The Hall–Kier alpha value is -2.13. The number of alkyl halides is 1. The SMILES string of the molecule is CC(CO)C(F)Oc1ccccc1C=Cc1ccccc1. The lowest BCUT2D eigenvalue weighted by Crippen LogP contribution is -2.22. The lowest BCUT2D eigenvalue weighted by molar-refractivity contribution is -0.00296. The van der Waals surface area contributed by atoms with Gasteiger partial charge in [-0.2, -0.15) is 0 Å². The first-order chi connectivity index (χ1) is 10.2. The van der Waals surface area contributed by atoms with Crippen LogP contribution in [0.1, 0.15) is 18.1 Å². The molecule has 0 aliphatic carbocycles. The molecule has 3 heteroatoms. The van der Waals surface area contributed by atoms with E-state index in [4.69, 9.17) is 9.84 Å². The van der Waals surface area contributed by atoms with Crippen LogP contribution in [0.25, 0.3) is 12.2 Å². The highest BCUT2D eigenvalue weighted by molar-refractivity contribution is 5.72. The molecule has 0 fully saturated rings. The molecule has 2 rings (SSSR count). The molecule has 2 atom stereocenters. The van der Waals surface area contributed by atoms with Crippen molar-refractivity contribution in [3.63, 3.8) is 0 Å². The van der Waals surface area contributed by atoms with Gasteiger partial charge in [0.25, 0.3) is 0 Å². The van der Waals surface area contributed by atoms with Gasteiger partial charge < -0.3 is 9.84 Å². The molecule has 2 aromatic carbocycles.